The number of hydrogen-bond donors (Lipinski definition) is 0. The number of ether oxygens (including phenoxy) is 2. The number of rotatable bonds is 4. The summed E-state index contributed by atoms with van der Waals surface area (Å²) in [4.78, 5) is 31.5. The summed E-state index contributed by atoms with van der Waals surface area (Å²) >= 11 is 0. The zero-order valence-electron chi connectivity index (χ0n) is 19.1. The number of aromatic nitrogens is 2. The molecule has 1 fully saturated rings. The molecule has 172 valence electrons. The minimum absolute atomic E-state index is 0.167. The molecule has 8 heteroatoms. The van der Waals surface area contributed by atoms with Crippen molar-refractivity contribution < 1.29 is 23.6 Å². The van der Waals surface area contributed by atoms with Crippen LogP contribution in [0.5, 0.6) is 0 Å². The molecule has 1 aromatic heterocycles. The average molecular weight is 450 g/mol. The van der Waals surface area contributed by atoms with E-state index in [1.807, 2.05) is 37.3 Å². The normalized spacial score (nSPS) is 18.2. The number of benzene rings is 2. The second-order valence-corrected chi connectivity index (χ2v) is 9.10. The van der Waals surface area contributed by atoms with E-state index in [1.165, 1.54) is 4.90 Å². The molecule has 0 radical (unpaired) electrons. The molecule has 2 atom stereocenters. The largest absolute Gasteiger partial charge is 0.457 e. The predicted molar refractivity (Wildman–Crippen MR) is 120 cm³/mol. The van der Waals surface area contributed by atoms with Gasteiger partial charge in [-0.1, -0.05) is 53.2 Å². The summed E-state index contributed by atoms with van der Waals surface area (Å²) in [5, 5.41) is 4.09. The van der Waals surface area contributed by atoms with Crippen molar-refractivity contribution >= 4 is 12.1 Å². The van der Waals surface area contributed by atoms with Gasteiger partial charge in [-0.2, -0.15) is 4.98 Å². The highest BCUT2D eigenvalue weighted by molar-refractivity contribution is 5.89. The third-order valence-electron chi connectivity index (χ3n) is 5.21. The number of aryl methyl sites for hydroxylation is 1. The average Bonchev–Trinajstić information content (AvgIpc) is 3.41. The van der Waals surface area contributed by atoms with Gasteiger partial charge in [-0.05, 0) is 39.8 Å². The molecule has 0 saturated carbocycles. The van der Waals surface area contributed by atoms with Crippen molar-refractivity contribution in [2.45, 2.75) is 51.9 Å². The first-order chi connectivity index (χ1) is 15.7. The van der Waals surface area contributed by atoms with Crippen LogP contribution < -0.4 is 0 Å². The van der Waals surface area contributed by atoms with Gasteiger partial charge in [0.25, 0.3) is 0 Å². The standard InChI is InChI=1S/C25H27N3O5/c1-16-10-12-17(13-11-16)21-26-22(33-27-21)20-14-19(15-28(20)24(30)32-25(2,3)4)31-23(29)18-8-6-5-7-9-18/h5-13,19-20H,14-15H2,1-4H3/t19-,20-/m0/s1. The summed E-state index contributed by atoms with van der Waals surface area (Å²) in [5.74, 6) is 0.254. The number of carbonyl (C=O) groups excluding carboxylic acids is 2. The van der Waals surface area contributed by atoms with E-state index in [0.29, 0.717) is 17.8 Å². The Balaban J connectivity index is 1.56. The molecule has 1 aliphatic rings. The lowest BCUT2D eigenvalue weighted by molar-refractivity contribution is 0.0144. The van der Waals surface area contributed by atoms with E-state index in [1.54, 1.807) is 45.0 Å². The van der Waals surface area contributed by atoms with Gasteiger partial charge < -0.3 is 14.0 Å². The summed E-state index contributed by atoms with van der Waals surface area (Å²) in [5.41, 5.74) is 1.70. The van der Waals surface area contributed by atoms with Crippen LogP contribution in [0.3, 0.4) is 0 Å². The Morgan fingerprint density at radius 3 is 2.42 bits per heavy atom. The number of amides is 1. The van der Waals surface area contributed by atoms with Crippen molar-refractivity contribution in [3.8, 4) is 11.4 Å². The highest BCUT2D eigenvalue weighted by Gasteiger charge is 2.43. The monoisotopic (exact) mass is 449 g/mol. The Kier molecular flexibility index (Phi) is 6.18. The molecule has 2 heterocycles. The maximum Gasteiger partial charge on any atom is 0.411 e. The molecule has 0 unspecified atom stereocenters. The van der Waals surface area contributed by atoms with E-state index >= 15 is 0 Å². The number of carbonyl (C=O) groups is 2. The van der Waals surface area contributed by atoms with Gasteiger partial charge in [0.2, 0.25) is 11.7 Å². The molecule has 0 N–H and O–H groups in total. The van der Waals surface area contributed by atoms with E-state index in [-0.39, 0.29) is 12.4 Å². The molecular formula is C25H27N3O5. The molecule has 2 aromatic carbocycles. The molecule has 8 nitrogen and oxygen atoms in total. The Morgan fingerprint density at radius 2 is 1.76 bits per heavy atom. The van der Waals surface area contributed by atoms with Crippen molar-refractivity contribution in [1.29, 1.82) is 0 Å². The van der Waals surface area contributed by atoms with E-state index in [9.17, 15) is 9.59 Å². The predicted octanol–water partition coefficient (Wildman–Crippen LogP) is 4.95. The first-order valence-corrected chi connectivity index (χ1v) is 10.9. The summed E-state index contributed by atoms with van der Waals surface area (Å²) in [6.07, 6.45) is -0.737. The van der Waals surface area contributed by atoms with Crippen LogP contribution in [0.15, 0.2) is 59.1 Å². The Labute approximate surface area is 192 Å². The number of esters is 1. The summed E-state index contributed by atoms with van der Waals surface area (Å²) in [6.45, 7) is 7.56. The summed E-state index contributed by atoms with van der Waals surface area (Å²) in [6, 6.07) is 15.9. The van der Waals surface area contributed by atoms with Crippen molar-refractivity contribution in [1.82, 2.24) is 15.0 Å². The van der Waals surface area contributed by atoms with E-state index in [4.69, 9.17) is 14.0 Å². The lowest BCUT2D eigenvalue weighted by atomic mass is 10.1. The van der Waals surface area contributed by atoms with Crippen LogP contribution in [-0.2, 0) is 9.47 Å². The highest BCUT2D eigenvalue weighted by Crippen LogP contribution is 2.35. The zero-order valence-corrected chi connectivity index (χ0v) is 19.1. The Morgan fingerprint density at radius 1 is 1.06 bits per heavy atom. The van der Waals surface area contributed by atoms with Gasteiger partial charge in [0, 0.05) is 12.0 Å². The SMILES string of the molecule is Cc1ccc(-c2noc([C@@H]3C[C@H](OC(=O)c4ccccc4)CN3C(=O)OC(C)(C)C)n2)cc1. The lowest BCUT2D eigenvalue weighted by Gasteiger charge is -2.26. The van der Waals surface area contributed by atoms with Crippen LogP contribution in [-0.4, -0.2) is 45.4 Å². The zero-order chi connectivity index (χ0) is 23.6. The fourth-order valence-electron chi connectivity index (χ4n) is 3.62. The third-order valence-corrected chi connectivity index (χ3v) is 5.21. The van der Waals surface area contributed by atoms with Gasteiger partial charge in [-0.25, -0.2) is 9.59 Å². The van der Waals surface area contributed by atoms with Crippen molar-refractivity contribution in [2.24, 2.45) is 0 Å². The molecule has 0 aliphatic carbocycles. The van der Waals surface area contributed by atoms with Crippen molar-refractivity contribution in [3.05, 3.63) is 71.6 Å². The first-order valence-electron chi connectivity index (χ1n) is 10.9. The van der Waals surface area contributed by atoms with E-state index in [2.05, 4.69) is 10.1 Å². The molecule has 1 amide bonds. The second kappa shape index (κ2) is 9.05. The fourth-order valence-corrected chi connectivity index (χ4v) is 3.62. The van der Waals surface area contributed by atoms with Gasteiger partial charge in [0.15, 0.2) is 0 Å². The van der Waals surface area contributed by atoms with Crippen LogP contribution in [0.25, 0.3) is 11.4 Å². The van der Waals surface area contributed by atoms with Crippen molar-refractivity contribution in [3.63, 3.8) is 0 Å². The molecular weight excluding hydrogens is 422 g/mol. The first kappa shape index (κ1) is 22.5. The minimum atomic E-state index is -0.678. The van der Waals surface area contributed by atoms with Gasteiger partial charge in [0.05, 0.1) is 12.1 Å². The lowest BCUT2D eigenvalue weighted by Crippen LogP contribution is -2.37. The maximum absolute atomic E-state index is 12.9. The Bertz CT molecular complexity index is 1120. The van der Waals surface area contributed by atoms with Crippen LogP contribution in [0.1, 0.15) is 55.0 Å². The number of likely N-dealkylation sites (tertiary alicyclic amines) is 1. The van der Waals surface area contributed by atoms with Gasteiger partial charge in [0.1, 0.15) is 17.7 Å². The number of hydrogen-bond acceptors (Lipinski definition) is 7. The minimum Gasteiger partial charge on any atom is -0.457 e. The summed E-state index contributed by atoms with van der Waals surface area (Å²) < 4.78 is 16.8. The smallest absolute Gasteiger partial charge is 0.411 e. The second-order valence-electron chi connectivity index (χ2n) is 9.10. The molecule has 1 saturated heterocycles. The van der Waals surface area contributed by atoms with Gasteiger partial charge in [-0.15, -0.1) is 0 Å². The van der Waals surface area contributed by atoms with Crippen molar-refractivity contribution in [2.75, 3.05) is 6.54 Å². The quantitative estimate of drug-likeness (QED) is 0.520. The molecule has 0 spiro atoms. The van der Waals surface area contributed by atoms with Gasteiger partial charge in [-0.3, -0.25) is 4.90 Å². The molecule has 0 bridgehead atoms. The Hall–Kier alpha value is -3.68. The maximum atomic E-state index is 12.9. The number of nitrogens with zero attached hydrogens (tertiary/aromatic N) is 3. The molecule has 3 aromatic rings. The van der Waals surface area contributed by atoms with Gasteiger partial charge >= 0.3 is 12.1 Å². The fraction of sp³-hybridized carbons (Fsp3) is 0.360. The highest BCUT2D eigenvalue weighted by atomic mass is 16.6. The van der Waals surface area contributed by atoms with Crippen LogP contribution in [0.4, 0.5) is 4.79 Å². The summed E-state index contributed by atoms with van der Waals surface area (Å²) in [7, 11) is 0. The van der Waals surface area contributed by atoms with Crippen LogP contribution >= 0.6 is 0 Å². The third kappa shape index (κ3) is 5.39. The van der Waals surface area contributed by atoms with E-state index < -0.39 is 29.8 Å². The van der Waals surface area contributed by atoms with E-state index in [0.717, 1.165) is 11.1 Å². The van der Waals surface area contributed by atoms with Crippen LogP contribution in [0.2, 0.25) is 0 Å². The van der Waals surface area contributed by atoms with Crippen LogP contribution in [0, 0.1) is 6.92 Å². The molecule has 33 heavy (non-hydrogen) atoms. The molecule has 1 aliphatic heterocycles. The topological polar surface area (TPSA) is 94.8 Å². The molecule has 4 rings (SSSR count).